The van der Waals surface area contributed by atoms with Crippen LogP contribution in [-0.4, -0.2) is 61.3 Å². The number of rotatable bonds is 6. The second kappa shape index (κ2) is 9.32. The maximum absolute atomic E-state index is 15.0. The molecule has 2 unspecified atom stereocenters. The van der Waals surface area contributed by atoms with Gasteiger partial charge in [0.2, 0.25) is 5.95 Å². The van der Waals surface area contributed by atoms with E-state index in [1.54, 1.807) is 10.6 Å². The lowest BCUT2D eigenvalue weighted by Crippen LogP contribution is -2.50. The number of anilines is 2. The molecule has 2 saturated heterocycles. The second-order valence-electron chi connectivity index (χ2n) is 10.5. The van der Waals surface area contributed by atoms with Gasteiger partial charge in [-0.05, 0) is 43.0 Å². The minimum absolute atomic E-state index is 0.0568. The molecular formula is C27H27F3N8. The summed E-state index contributed by atoms with van der Waals surface area (Å²) in [6.45, 7) is 2.37. The zero-order chi connectivity index (χ0) is 25.8. The molecule has 7 rings (SSSR count). The molecule has 11 heteroatoms. The van der Waals surface area contributed by atoms with Gasteiger partial charge in [0.05, 0.1) is 17.8 Å². The first kappa shape index (κ1) is 23.5. The highest BCUT2D eigenvalue weighted by Crippen LogP contribution is 2.35. The molecule has 0 radical (unpaired) electrons. The van der Waals surface area contributed by atoms with E-state index >= 15 is 0 Å². The first-order valence-corrected chi connectivity index (χ1v) is 13.0. The zero-order valence-electron chi connectivity index (χ0n) is 20.7. The molecule has 3 aliphatic rings. The van der Waals surface area contributed by atoms with Crippen LogP contribution in [0.3, 0.4) is 0 Å². The van der Waals surface area contributed by atoms with E-state index < -0.39 is 24.4 Å². The van der Waals surface area contributed by atoms with Crippen molar-refractivity contribution in [1.82, 2.24) is 34.7 Å². The summed E-state index contributed by atoms with van der Waals surface area (Å²) in [5, 5.41) is 6.66. The topological polar surface area (TPSA) is 83.8 Å². The lowest BCUT2D eigenvalue weighted by Gasteiger charge is -2.32. The summed E-state index contributed by atoms with van der Waals surface area (Å²) >= 11 is 0. The normalized spacial score (nSPS) is 22.8. The van der Waals surface area contributed by atoms with Crippen molar-refractivity contribution in [3.8, 4) is 11.3 Å². The van der Waals surface area contributed by atoms with Gasteiger partial charge >= 0.3 is 0 Å². The standard InChI is InChI=1S/C27H27F3N8/c28-9-19-4-6-24-35-26-20(29)7-16(8-22(26)38(19)24)25-21(30)11-32-27(36-25)34-23-5-1-15(10-31-23)12-37-13-17-2-3-18(14-37)33-17/h1,5,7-8,10-11,17-19,33H,2-4,6,9,12-14H2,(H,31,32,34,36)/t17?,18?,19-/m0/s1. The van der Waals surface area contributed by atoms with Crippen LogP contribution in [-0.2, 0) is 13.0 Å². The number of imidazole rings is 1. The molecule has 4 aromatic rings. The van der Waals surface area contributed by atoms with Crippen molar-refractivity contribution in [2.45, 2.75) is 50.4 Å². The maximum Gasteiger partial charge on any atom is 0.229 e. The van der Waals surface area contributed by atoms with E-state index in [9.17, 15) is 13.2 Å². The number of benzene rings is 1. The molecule has 0 amide bonds. The largest absolute Gasteiger partial charge is 0.322 e. The fourth-order valence-corrected chi connectivity index (χ4v) is 6.10. The Bertz CT molecular complexity index is 1490. The van der Waals surface area contributed by atoms with Crippen molar-refractivity contribution in [1.29, 1.82) is 0 Å². The lowest BCUT2D eigenvalue weighted by atomic mass is 10.1. The fourth-order valence-electron chi connectivity index (χ4n) is 6.10. The van der Waals surface area contributed by atoms with E-state index in [0.717, 1.165) is 31.4 Å². The molecule has 2 fully saturated rings. The van der Waals surface area contributed by atoms with Gasteiger partial charge in [0.1, 0.15) is 29.5 Å². The van der Waals surface area contributed by atoms with E-state index in [0.29, 0.717) is 42.1 Å². The molecule has 0 aliphatic carbocycles. The number of fused-ring (bicyclic) bond motifs is 5. The Morgan fingerprint density at radius 3 is 2.58 bits per heavy atom. The summed E-state index contributed by atoms with van der Waals surface area (Å²) in [4.78, 5) is 19.7. The van der Waals surface area contributed by atoms with Crippen molar-refractivity contribution in [3.63, 3.8) is 0 Å². The van der Waals surface area contributed by atoms with E-state index in [4.69, 9.17) is 0 Å². The number of piperazine rings is 1. The minimum Gasteiger partial charge on any atom is -0.322 e. The smallest absolute Gasteiger partial charge is 0.229 e. The SMILES string of the molecule is FC[C@@H]1CCc2nc3c(F)cc(-c4nc(Nc5ccc(CN6CC7CCC(C6)N7)cn5)ncc4F)cc3n21. The number of pyridine rings is 1. The predicted molar refractivity (Wildman–Crippen MR) is 137 cm³/mol. The summed E-state index contributed by atoms with van der Waals surface area (Å²) in [6, 6.07) is 7.45. The average Bonchev–Trinajstić information content (AvgIpc) is 3.60. The van der Waals surface area contributed by atoms with Gasteiger partial charge in [-0.1, -0.05) is 6.07 Å². The van der Waals surface area contributed by atoms with Crippen molar-refractivity contribution >= 4 is 22.8 Å². The maximum atomic E-state index is 15.0. The molecule has 38 heavy (non-hydrogen) atoms. The first-order valence-electron chi connectivity index (χ1n) is 13.0. The van der Waals surface area contributed by atoms with E-state index in [1.807, 2.05) is 18.3 Å². The summed E-state index contributed by atoms with van der Waals surface area (Å²) in [7, 11) is 0. The number of hydrogen-bond acceptors (Lipinski definition) is 7. The number of nitrogens with zero attached hydrogens (tertiary/aromatic N) is 6. The third-order valence-corrected chi connectivity index (χ3v) is 7.85. The first-order chi connectivity index (χ1) is 18.5. The molecule has 3 atom stereocenters. The molecule has 0 saturated carbocycles. The Morgan fingerprint density at radius 2 is 1.82 bits per heavy atom. The second-order valence-corrected chi connectivity index (χ2v) is 10.5. The van der Waals surface area contributed by atoms with Gasteiger partial charge in [0, 0.05) is 49.9 Å². The Kier molecular flexibility index (Phi) is 5.77. The number of aromatic nitrogens is 5. The zero-order valence-corrected chi connectivity index (χ0v) is 20.7. The van der Waals surface area contributed by atoms with Crippen LogP contribution in [0.25, 0.3) is 22.3 Å². The number of nitrogens with one attached hydrogen (secondary N) is 2. The van der Waals surface area contributed by atoms with Crippen molar-refractivity contribution < 1.29 is 13.2 Å². The number of likely N-dealkylation sites (tertiary alicyclic amines) is 1. The molecule has 2 N–H and O–H groups in total. The predicted octanol–water partition coefficient (Wildman–Crippen LogP) is 4.30. The Balaban J connectivity index is 1.12. The van der Waals surface area contributed by atoms with Gasteiger partial charge in [-0.2, -0.15) is 0 Å². The lowest BCUT2D eigenvalue weighted by molar-refractivity contribution is 0.188. The van der Waals surface area contributed by atoms with Crippen molar-refractivity contribution in [2.75, 3.05) is 25.1 Å². The van der Waals surface area contributed by atoms with Crippen LogP contribution in [0.15, 0.2) is 36.7 Å². The van der Waals surface area contributed by atoms with Crippen molar-refractivity contribution in [3.05, 3.63) is 59.7 Å². The van der Waals surface area contributed by atoms with Crippen LogP contribution in [0, 0.1) is 11.6 Å². The van der Waals surface area contributed by atoms with Crippen LogP contribution < -0.4 is 10.6 Å². The number of alkyl halides is 1. The number of aryl methyl sites for hydroxylation is 1. The van der Waals surface area contributed by atoms with E-state index in [1.165, 1.54) is 18.9 Å². The quantitative estimate of drug-likeness (QED) is 0.392. The van der Waals surface area contributed by atoms with Gasteiger partial charge < -0.3 is 15.2 Å². The fraction of sp³-hybridized carbons (Fsp3) is 0.407. The molecule has 196 valence electrons. The van der Waals surface area contributed by atoms with Crippen LogP contribution >= 0.6 is 0 Å². The number of hydrogen-bond donors (Lipinski definition) is 2. The van der Waals surface area contributed by atoms with Crippen LogP contribution in [0.5, 0.6) is 0 Å². The van der Waals surface area contributed by atoms with Gasteiger partial charge in [-0.25, -0.2) is 33.1 Å². The van der Waals surface area contributed by atoms with Crippen LogP contribution in [0.1, 0.15) is 36.7 Å². The highest BCUT2D eigenvalue weighted by Gasteiger charge is 2.32. The molecule has 6 heterocycles. The van der Waals surface area contributed by atoms with E-state index in [2.05, 4.69) is 35.5 Å². The third-order valence-electron chi connectivity index (χ3n) is 7.85. The van der Waals surface area contributed by atoms with Gasteiger partial charge in [-0.15, -0.1) is 0 Å². The summed E-state index contributed by atoms with van der Waals surface area (Å²) < 4.78 is 45.1. The highest BCUT2D eigenvalue weighted by molar-refractivity contribution is 5.83. The molecular weight excluding hydrogens is 493 g/mol. The van der Waals surface area contributed by atoms with Gasteiger partial charge in [0.25, 0.3) is 0 Å². The molecule has 3 aliphatic heterocycles. The van der Waals surface area contributed by atoms with Gasteiger partial charge in [-0.3, -0.25) is 4.90 Å². The molecule has 8 nitrogen and oxygen atoms in total. The summed E-state index contributed by atoms with van der Waals surface area (Å²) in [5.41, 5.74) is 1.89. The monoisotopic (exact) mass is 520 g/mol. The third kappa shape index (κ3) is 4.19. The van der Waals surface area contributed by atoms with Crippen LogP contribution in [0.4, 0.5) is 24.9 Å². The molecule has 0 spiro atoms. The Hall–Kier alpha value is -3.57. The molecule has 3 aromatic heterocycles. The minimum atomic E-state index is -0.689. The molecule has 1 aromatic carbocycles. The summed E-state index contributed by atoms with van der Waals surface area (Å²) in [5.74, 6) is 0.0156. The molecule has 2 bridgehead atoms. The van der Waals surface area contributed by atoms with Crippen LogP contribution in [0.2, 0.25) is 0 Å². The Morgan fingerprint density at radius 1 is 0.974 bits per heavy atom. The van der Waals surface area contributed by atoms with Crippen molar-refractivity contribution in [2.24, 2.45) is 0 Å². The average molecular weight is 521 g/mol. The van der Waals surface area contributed by atoms with E-state index in [-0.39, 0.29) is 22.7 Å². The summed E-state index contributed by atoms with van der Waals surface area (Å²) in [6.07, 6.45) is 6.54. The Labute approximate surface area is 217 Å². The van der Waals surface area contributed by atoms with Gasteiger partial charge in [0.15, 0.2) is 11.6 Å². The number of halogens is 3. The highest BCUT2D eigenvalue weighted by atomic mass is 19.1.